The summed E-state index contributed by atoms with van der Waals surface area (Å²) in [5, 5.41) is 12.0. The summed E-state index contributed by atoms with van der Waals surface area (Å²) in [6, 6.07) is 10.9. The van der Waals surface area contributed by atoms with Crippen molar-refractivity contribution in [1.82, 2.24) is 9.88 Å². The maximum atomic E-state index is 10.9. The molecule has 2 aliphatic rings. The summed E-state index contributed by atoms with van der Waals surface area (Å²) < 4.78 is 0. The van der Waals surface area contributed by atoms with Gasteiger partial charge in [-0.2, -0.15) is 0 Å². The number of para-hydroxylation sites is 1. The van der Waals surface area contributed by atoms with Gasteiger partial charge in [-0.1, -0.05) is 18.2 Å². The van der Waals surface area contributed by atoms with Gasteiger partial charge < -0.3 is 5.11 Å². The van der Waals surface area contributed by atoms with E-state index in [1.807, 2.05) is 24.4 Å². The van der Waals surface area contributed by atoms with Crippen LogP contribution in [-0.2, 0) is 5.60 Å². The summed E-state index contributed by atoms with van der Waals surface area (Å²) in [5.74, 6) is 0. The van der Waals surface area contributed by atoms with Crippen LogP contribution in [0.15, 0.2) is 36.5 Å². The van der Waals surface area contributed by atoms with Crippen molar-refractivity contribution >= 4 is 10.9 Å². The number of fused-ring (bicyclic) bond motifs is 1. The van der Waals surface area contributed by atoms with E-state index in [0.29, 0.717) is 0 Å². The SMILES string of the molecule is OC1(c2cnc3ccccc3c2)CCN(C2CC2)C1. The lowest BCUT2D eigenvalue weighted by molar-refractivity contribution is 0.0450. The van der Waals surface area contributed by atoms with Gasteiger partial charge in [-0.3, -0.25) is 9.88 Å². The van der Waals surface area contributed by atoms with Crippen LogP contribution in [0.3, 0.4) is 0 Å². The minimum absolute atomic E-state index is 0.709. The van der Waals surface area contributed by atoms with Crippen LogP contribution in [0.25, 0.3) is 10.9 Å². The van der Waals surface area contributed by atoms with Gasteiger partial charge in [0.25, 0.3) is 0 Å². The van der Waals surface area contributed by atoms with Gasteiger partial charge in [0.05, 0.1) is 5.52 Å². The van der Waals surface area contributed by atoms with Crippen LogP contribution >= 0.6 is 0 Å². The van der Waals surface area contributed by atoms with E-state index < -0.39 is 5.60 Å². The van der Waals surface area contributed by atoms with Crippen LogP contribution in [0.2, 0.25) is 0 Å². The molecule has 1 aliphatic carbocycles. The molecule has 1 unspecified atom stereocenters. The quantitative estimate of drug-likeness (QED) is 0.893. The van der Waals surface area contributed by atoms with E-state index >= 15 is 0 Å². The zero-order valence-corrected chi connectivity index (χ0v) is 10.9. The van der Waals surface area contributed by atoms with Gasteiger partial charge in [-0.15, -0.1) is 0 Å². The number of β-amino-alcohol motifs (C(OH)–C–C–N with tert-alkyl or cyclic N) is 1. The molecule has 1 aromatic carbocycles. The van der Waals surface area contributed by atoms with Crippen molar-refractivity contribution in [2.24, 2.45) is 0 Å². The zero-order valence-electron chi connectivity index (χ0n) is 10.9. The summed E-state index contributed by atoms with van der Waals surface area (Å²) in [7, 11) is 0. The summed E-state index contributed by atoms with van der Waals surface area (Å²) >= 11 is 0. The summed E-state index contributed by atoms with van der Waals surface area (Å²) in [4.78, 5) is 6.90. The van der Waals surface area contributed by atoms with Crippen molar-refractivity contribution in [1.29, 1.82) is 0 Å². The molecular formula is C16H18N2O. The first kappa shape index (κ1) is 11.4. The Morgan fingerprint density at radius 2 is 2.11 bits per heavy atom. The van der Waals surface area contributed by atoms with Crippen molar-refractivity contribution in [2.45, 2.75) is 30.9 Å². The Labute approximate surface area is 112 Å². The maximum Gasteiger partial charge on any atom is 0.105 e. The highest BCUT2D eigenvalue weighted by atomic mass is 16.3. The van der Waals surface area contributed by atoms with Crippen LogP contribution in [0.5, 0.6) is 0 Å². The third kappa shape index (κ3) is 1.94. The monoisotopic (exact) mass is 254 g/mol. The van der Waals surface area contributed by atoms with Gasteiger partial charge in [-0.05, 0) is 31.4 Å². The molecule has 2 fully saturated rings. The highest BCUT2D eigenvalue weighted by molar-refractivity contribution is 5.78. The molecule has 1 aromatic heterocycles. The summed E-state index contributed by atoms with van der Waals surface area (Å²) in [6.45, 7) is 1.77. The number of aliphatic hydroxyl groups is 1. The van der Waals surface area contributed by atoms with Gasteiger partial charge in [0, 0.05) is 36.3 Å². The van der Waals surface area contributed by atoms with E-state index in [2.05, 4.69) is 22.0 Å². The molecule has 0 spiro atoms. The van der Waals surface area contributed by atoms with Crippen LogP contribution < -0.4 is 0 Å². The highest BCUT2D eigenvalue weighted by Crippen LogP contribution is 2.38. The standard InChI is InChI=1S/C16H18N2O/c19-16(7-8-18(11-16)14-5-6-14)13-9-12-3-1-2-4-15(12)17-10-13/h1-4,9-10,14,19H,5-8,11H2. The van der Waals surface area contributed by atoms with Crippen molar-refractivity contribution in [3.8, 4) is 0 Å². The van der Waals surface area contributed by atoms with Crippen LogP contribution in [-0.4, -0.2) is 34.1 Å². The van der Waals surface area contributed by atoms with E-state index in [9.17, 15) is 5.11 Å². The van der Waals surface area contributed by atoms with Crippen LogP contribution in [0.1, 0.15) is 24.8 Å². The molecule has 2 heterocycles. The third-order valence-electron chi connectivity index (χ3n) is 4.47. The van der Waals surface area contributed by atoms with E-state index in [1.165, 1.54) is 12.8 Å². The van der Waals surface area contributed by atoms with Crippen LogP contribution in [0, 0.1) is 0 Å². The average molecular weight is 254 g/mol. The number of rotatable bonds is 2. The fourth-order valence-electron chi connectivity index (χ4n) is 3.14. The second kappa shape index (κ2) is 4.02. The van der Waals surface area contributed by atoms with Gasteiger partial charge in [0.2, 0.25) is 0 Å². The lowest BCUT2D eigenvalue weighted by atomic mass is 9.93. The minimum atomic E-state index is -0.709. The predicted molar refractivity (Wildman–Crippen MR) is 74.9 cm³/mol. The Hall–Kier alpha value is -1.45. The number of nitrogens with zero attached hydrogens (tertiary/aromatic N) is 2. The highest BCUT2D eigenvalue weighted by Gasteiger charge is 2.43. The number of likely N-dealkylation sites (tertiary alicyclic amines) is 1. The lowest BCUT2D eigenvalue weighted by Gasteiger charge is -2.24. The number of hydrogen-bond donors (Lipinski definition) is 1. The number of hydrogen-bond acceptors (Lipinski definition) is 3. The Kier molecular flexibility index (Phi) is 2.41. The average Bonchev–Trinajstić information content (AvgIpc) is 3.22. The third-order valence-corrected chi connectivity index (χ3v) is 4.47. The molecule has 3 heteroatoms. The van der Waals surface area contributed by atoms with E-state index in [1.54, 1.807) is 0 Å². The largest absolute Gasteiger partial charge is 0.384 e. The normalized spacial score (nSPS) is 28.1. The number of benzene rings is 1. The van der Waals surface area contributed by atoms with Gasteiger partial charge in [0.1, 0.15) is 5.60 Å². The molecule has 1 saturated carbocycles. The molecule has 3 nitrogen and oxygen atoms in total. The summed E-state index contributed by atoms with van der Waals surface area (Å²) in [6.07, 6.45) is 5.26. The van der Waals surface area contributed by atoms with E-state index in [4.69, 9.17) is 0 Å². The first-order valence-corrected chi connectivity index (χ1v) is 7.06. The predicted octanol–water partition coefficient (Wildman–Crippen LogP) is 2.29. The maximum absolute atomic E-state index is 10.9. The molecule has 4 rings (SSSR count). The van der Waals surface area contributed by atoms with E-state index in [-0.39, 0.29) is 0 Å². The second-order valence-electron chi connectivity index (χ2n) is 5.90. The molecule has 1 saturated heterocycles. The molecule has 1 atom stereocenters. The van der Waals surface area contributed by atoms with Crippen molar-refractivity contribution in [2.75, 3.05) is 13.1 Å². The lowest BCUT2D eigenvalue weighted by Crippen LogP contribution is -2.31. The molecule has 19 heavy (non-hydrogen) atoms. The molecule has 98 valence electrons. The summed E-state index contributed by atoms with van der Waals surface area (Å²) in [5.41, 5.74) is 1.25. The Morgan fingerprint density at radius 3 is 2.95 bits per heavy atom. The first-order valence-electron chi connectivity index (χ1n) is 7.06. The van der Waals surface area contributed by atoms with Crippen molar-refractivity contribution in [3.63, 3.8) is 0 Å². The second-order valence-corrected chi connectivity index (χ2v) is 5.90. The molecule has 0 radical (unpaired) electrons. The Balaban J connectivity index is 1.69. The minimum Gasteiger partial charge on any atom is -0.384 e. The molecule has 0 bridgehead atoms. The van der Waals surface area contributed by atoms with Gasteiger partial charge in [-0.25, -0.2) is 0 Å². The number of pyridine rings is 1. The smallest absolute Gasteiger partial charge is 0.105 e. The van der Waals surface area contributed by atoms with Crippen molar-refractivity contribution < 1.29 is 5.11 Å². The first-order chi connectivity index (χ1) is 9.24. The van der Waals surface area contributed by atoms with Gasteiger partial charge >= 0.3 is 0 Å². The molecule has 2 aromatic rings. The number of aromatic nitrogens is 1. The van der Waals surface area contributed by atoms with Crippen LogP contribution in [0.4, 0.5) is 0 Å². The van der Waals surface area contributed by atoms with Crippen molar-refractivity contribution in [3.05, 3.63) is 42.1 Å². The van der Waals surface area contributed by atoms with Gasteiger partial charge in [0.15, 0.2) is 0 Å². The zero-order chi connectivity index (χ0) is 12.9. The molecule has 1 N–H and O–H groups in total. The molecule has 0 amide bonds. The Bertz CT molecular complexity index is 623. The molecule has 1 aliphatic heterocycles. The van der Waals surface area contributed by atoms with E-state index in [0.717, 1.165) is 42.0 Å². The topological polar surface area (TPSA) is 36.4 Å². The fourth-order valence-corrected chi connectivity index (χ4v) is 3.14. The fraction of sp³-hybridized carbons (Fsp3) is 0.438. The Morgan fingerprint density at radius 1 is 1.26 bits per heavy atom. The molecular weight excluding hydrogens is 236 g/mol.